The van der Waals surface area contributed by atoms with Gasteiger partial charge in [-0.25, -0.2) is 0 Å². The van der Waals surface area contributed by atoms with E-state index >= 15 is 0 Å². The average Bonchev–Trinajstić information content (AvgIpc) is 2.50. The van der Waals surface area contributed by atoms with Crippen molar-refractivity contribution < 1.29 is 0 Å². The molecule has 0 spiro atoms. The summed E-state index contributed by atoms with van der Waals surface area (Å²) in [6.07, 6.45) is 1.82. The first-order chi connectivity index (χ1) is 10.2. The molecule has 1 aliphatic heterocycles. The number of fused-ring (bicyclic) bond motifs is 1. The lowest BCUT2D eigenvalue weighted by Crippen LogP contribution is -2.45. The van der Waals surface area contributed by atoms with Gasteiger partial charge in [-0.3, -0.25) is 9.88 Å². The van der Waals surface area contributed by atoms with E-state index in [0.717, 1.165) is 61.5 Å². The zero-order chi connectivity index (χ0) is 14.7. The summed E-state index contributed by atoms with van der Waals surface area (Å²) in [6, 6.07) is 7.96. The number of rotatable bonds is 4. The Balaban J connectivity index is 1.62. The second kappa shape index (κ2) is 6.28. The predicted octanol–water partition coefficient (Wildman–Crippen LogP) is 1.48. The van der Waals surface area contributed by atoms with Crippen molar-refractivity contribution in [2.75, 3.05) is 57.4 Å². The van der Waals surface area contributed by atoms with Crippen LogP contribution in [0.1, 0.15) is 0 Å². The Kier molecular flexibility index (Phi) is 4.22. The Hall–Kier alpha value is -1.85. The molecule has 0 aliphatic carbocycles. The summed E-state index contributed by atoms with van der Waals surface area (Å²) in [7, 11) is 2.18. The van der Waals surface area contributed by atoms with Crippen LogP contribution in [0.15, 0.2) is 30.5 Å². The van der Waals surface area contributed by atoms with Gasteiger partial charge in [0.15, 0.2) is 0 Å². The molecule has 0 unspecified atom stereocenters. The van der Waals surface area contributed by atoms with Gasteiger partial charge in [-0.2, -0.15) is 0 Å². The molecule has 1 fully saturated rings. The maximum absolute atomic E-state index is 5.98. The molecular weight excluding hydrogens is 262 g/mol. The van der Waals surface area contributed by atoms with Gasteiger partial charge in [0.1, 0.15) is 0 Å². The molecule has 1 aromatic heterocycles. The highest BCUT2D eigenvalue weighted by Gasteiger charge is 2.13. The Morgan fingerprint density at radius 2 is 2.00 bits per heavy atom. The third kappa shape index (κ3) is 3.25. The number of nitrogen functional groups attached to an aromatic ring is 1. The minimum atomic E-state index is 0.732. The molecule has 1 saturated heterocycles. The van der Waals surface area contributed by atoms with Gasteiger partial charge in [-0.1, -0.05) is 12.1 Å². The number of nitrogens with two attached hydrogens (primary N) is 1. The highest BCUT2D eigenvalue weighted by atomic mass is 15.2. The lowest BCUT2D eigenvalue weighted by molar-refractivity contribution is 0.158. The van der Waals surface area contributed by atoms with E-state index in [9.17, 15) is 0 Å². The molecule has 5 nitrogen and oxygen atoms in total. The number of aromatic nitrogens is 1. The SMILES string of the molecule is CN1CCN(CCNc2ccnc3c(N)cccc23)CC1. The number of nitrogens with zero attached hydrogens (tertiary/aromatic N) is 3. The summed E-state index contributed by atoms with van der Waals surface area (Å²) in [5.74, 6) is 0. The van der Waals surface area contributed by atoms with E-state index in [1.54, 1.807) is 0 Å². The maximum Gasteiger partial charge on any atom is 0.0951 e. The number of pyridine rings is 1. The second-order valence-corrected chi connectivity index (χ2v) is 5.67. The van der Waals surface area contributed by atoms with Gasteiger partial charge < -0.3 is 16.0 Å². The van der Waals surface area contributed by atoms with Crippen molar-refractivity contribution in [1.82, 2.24) is 14.8 Å². The first-order valence-electron chi connectivity index (χ1n) is 7.52. The zero-order valence-electron chi connectivity index (χ0n) is 12.5. The van der Waals surface area contributed by atoms with Crippen LogP contribution in [0, 0.1) is 0 Å². The van der Waals surface area contributed by atoms with Crippen molar-refractivity contribution in [2.24, 2.45) is 0 Å². The molecule has 0 radical (unpaired) electrons. The topological polar surface area (TPSA) is 57.4 Å². The Labute approximate surface area is 125 Å². The van der Waals surface area contributed by atoms with Crippen LogP contribution in [0.3, 0.4) is 0 Å². The lowest BCUT2D eigenvalue weighted by atomic mass is 10.1. The maximum atomic E-state index is 5.98. The van der Waals surface area contributed by atoms with E-state index in [0.29, 0.717) is 0 Å². The lowest BCUT2D eigenvalue weighted by Gasteiger charge is -2.32. The number of hydrogen-bond donors (Lipinski definition) is 2. The minimum absolute atomic E-state index is 0.732. The predicted molar refractivity (Wildman–Crippen MR) is 88.6 cm³/mol. The molecule has 3 N–H and O–H groups in total. The van der Waals surface area contributed by atoms with E-state index < -0.39 is 0 Å². The van der Waals surface area contributed by atoms with Crippen molar-refractivity contribution in [2.45, 2.75) is 0 Å². The van der Waals surface area contributed by atoms with E-state index in [4.69, 9.17) is 5.73 Å². The molecule has 1 aromatic carbocycles. The quantitative estimate of drug-likeness (QED) is 0.833. The number of anilines is 2. The van der Waals surface area contributed by atoms with Gasteiger partial charge in [-0.15, -0.1) is 0 Å². The molecule has 21 heavy (non-hydrogen) atoms. The Morgan fingerprint density at radius 3 is 2.81 bits per heavy atom. The van der Waals surface area contributed by atoms with Gasteiger partial charge in [0.25, 0.3) is 0 Å². The van der Waals surface area contributed by atoms with Gasteiger partial charge >= 0.3 is 0 Å². The summed E-state index contributed by atoms with van der Waals surface area (Å²) in [5.41, 5.74) is 8.70. The van der Waals surface area contributed by atoms with E-state index in [1.807, 2.05) is 24.4 Å². The fourth-order valence-corrected chi connectivity index (χ4v) is 2.77. The van der Waals surface area contributed by atoms with Gasteiger partial charge in [-0.05, 0) is 19.2 Å². The van der Waals surface area contributed by atoms with Crippen molar-refractivity contribution in [3.63, 3.8) is 0 Å². The number of benzene rings is 1. The summed E-state index contributed by atoms with van der Waals surface area (Å²) < 4.78 is 0. The largest absolute Gasteiger partial charge is 0.397 e. The number of hydrogen-bond acceptors (Lipinski definition) is 5. The summed E-state index contributed by atoms with van der Waals surface area (Å²) in [4.78, 5) is 9.25. The first kappa shape index (κ1) is 14.1. The van der Waals surface area contributed by atoms with E-state index in [-0.39, 0.29) is 0 Å². The minimum Gasteiger partial charge on any atom is -0.397 e. The molecule has 0 saturated carbocycles. The van der Waals surface area contributed by atoms with Gasteiger partial charge in [0.05, 0.1) is 11.2 Å². The average molecular weight is 285 g/mol. The van der Waals surface area contributed by atoms with Crippen LogP contribution in [0.25, 0.3) is 10.9 Å². The molecule has 3 rings (SSSR count). The molecule has 1 aliphatic rings. The van der Waals surface area contributed by atoms with E-state index in [1.165, 1.54) is 0 Å². The summed E-state index contributed by atoms with van der Waals surface area (Å²) in [6.45, 7) is 6.64. The van der Waals surface area contributed by atoms with Crippen molar-refractivity contribution in [1.29, 1.82) is 0 Å². The van der Waals surface area contributed by atoms with Crippen LogP contribution < -0.4 is 11.1 Å². The normalized spacial score (nSPS) is 17.2. The number of nitrogens with one attached hydrogen (secondary N) is 1. The molecule has 2 heterocycles. The Bertz CT molecular complexity index is 605. The fraction of sp³-hybridized carbons (Fsp3) is 0.438. The molecule has 0 bridgehead atoms. The molecular formula is C16H23N5. The van der Waals surface area contributed by atoms with Gasteiger partial charge in [0, 0.05) is 56.5 Å². The Morgan fingerprint density at radius 1 is 1.19 bits per heavy atom. The monoisotopic (exact) mass is 285 g/mol. The molecule has 5 heteroatoms. The highest BCUT2D eigenvalue weighted by molar-refractivity contribution is 5.97. The second-order valence-electron chi connectivity index (χ2n) is 5.67. The number of piperazine rings is 1. The van der Waals surface area contributed by atoms with Crippen LogP contribution in [-0.4, -0.2) is 61.1 Å². The molecule has 2 aromatic rings. The van der Waals surface area contributed by atoms with Crippen LogP contribution in [0.5, 0.6) is 0 Å². The molecule has 0 amide bonds. The number of para-hydroxylation sites is 1. The summed E-state index contributed by atoms with van der Waals surface area (Å²) >= 11 is 0. The standard InChI is InChI=1S/C16H23N5/c1-20-9-11-21(12-10-20)8-7-18-15-5-6-19-16-13(15)3-2-4-14(16)17/h2-6H,7-12,17H2,1H3,(H,18,19). The third-order valence-corrected chi connectivity index (χ3v) is 4.14. The third-order valence-electron chi connectivity index (χ3n) is 4.14. The smallest absolute Gasteiger partial charge is 0.0951 e. The van der Waals surface area contributed by atoms with Crippen LogP contribution in [-0.2, 0) is 0 Å². The van der Waals surface area contributed by atoms with Crippen molar-refractivity contribution >= 4 is 22.3 Å². The van der Waals surface area contributed by atoms with Crippen molar-refractivity contribution in [3.8, 4) is 0 Å². The first-order valence-corrected chi connectivity index (χ1v) is 7.52. The van der Waals surface area contributed by atoms with Crippen LogP contribution >= 0.6 is 0 Å². The zero-order valence-corrected chi connectivity index (χ0v) is 12.5. The number of likely N-dealkylation sites (N-methyl/N-ethyl adjacent to an activating group) is 1. The van der Waals surface area contributed by atoms with Crippen LogP contribution in [0.2, 0.25) is 0 Å². The van der Waals surface area contributed by atoms with E-state index in [2.05, 4.69) is 33.2 Å². The molecule has 112 valence electrons. The highest BCUT2D eigenvalue weighted by Crippen LogP contribution is 2.25. The molecule has 0 atom stereocenters. The van der Waals surface area contributed by atoms with Crippen LogP contribution in [0.4, 0.5) is 11.4 Å². The van der Waals surface area contributed by atoms with Crippen molar-refractivity contribution in [3.05, 3.63) is 30.5 Å². The summed E-state index contributed by atoms with van der Waals surface area (Å²) in [5, 5.41) is 4.62. The fourth-order valence-electron chi connectivity index (χ4n) is 2.77. The van der Waals surface area contributed by atoms with Gasteiger partial charge in [0.2, 0.25) is 0 Å².